The number of hydrogen-bond acceptors (Lipinski definition) is 2. The van der Waals surface area contributed by atoms with Gasteiger partial charge in [0.1, 0.15) is 0 Å². The van der Waals surface area contributed by atoms with E-state index in [0.29, 0.717) is 23.6 Å². The monoisotopic (exact) mass is 345 g/mol. The van der Waals surface area contributed by atoms with Crippen molar-refractivity contribution >= 4 is 45.1 Å². The summed E-state index contributed by atoms with van der Waals surface area (Å²) in [4.78, 5) is 23.2. The van der Waals surface area contributed by atoms with Crippen LogP contribution in [0.2, 0.25) is 5.02 Å². The number of carbonyl (C=O) groups excluding carboxylic acids is 1. The number of hydrogen-bond donors (Lipinski definition) is 2. The Morgan fingerprint density at radius 3 is 2.68 bits per heavy atom. The lowest BCUT2D eigenvalue weighted by atomic mass is 9.95. The number of halogens is 2. The van der Waals surface area contributed by atoms with E-state index >= 15 is 0 Å². The Morgan fingerprint density at radius 2 is 2.00 bits per heavy atom. The SMILES string of the molecule is O=C(O)[C@H]1CCC[C@H]1C(=O)Nc1cc(Br)ccc1Cl. The molecule has 1 aliphatic rings. The van der Waals surface area contributed by atoms with Crippen LogP contribution in [-0.2, 0) is 9.59 Å². The lowest BCUT2D eigenvalue weighted by molar-refractivity contribution is -0.145. The van der Waals surface area contributed by atoms with E-state index in [9.17, 15) is 9.59 Å². The number of anilines is 1. The van der Waals surface area contributed by atoms with E-state index < -0.39 is 17.8 Å². The fourth-order valence-electron chi connectivity index (χ4n) is 2.39. The number of benzene rings is 1. The first-order valence-electron chi connectivity index (χ1n) is 5.98. The van der Waals surface area contributed by atoms with Crippen molar-refractivity contribution in [1.29, 1.82) is 0 Å². The second-order valence-electron chi connectivity index (χ2n) is 4.60. The maximum Gasteiger partial charge on any atom is 0.307 e. The first kappa shape index (κ1) is 14.3. The molecule has 1 aromatic rings. The molecule has 6 heteroatoms. The van der Waals surface area contributed by atoms with Gasteiger partial charge in [0.05, 0.1) is 22.5 Å². The van der Waals surface area contributed by atoms with Crippen molar-refractivity contribution in [3.63, 3.8) is 0 Å². The van der Waals surface area contributed by atoms with Gasteiger partial charge in [0, 0.05) is 4.47 Å². The Bertz CT molecular complexity index is 521. The molecule has 1 aromatic carbocycles. The normalized spacial score (nSPS) is 22.2. The van der Waals surface area contributed by atoms with Crippen molar-refractivity contribution in [3.8, 4) is 0 Å². The Labute approximate surface area is 124 Å². The molecule has 2 N–H and O–H groups in total. The quantitative estimate of drug-likeness (QED) is 0.879. The maximum absolute atomic E-state index is 12.1. The number of carboxylic acids is 1. The van der Waals surface area contributed by atoms with Crippen LogP contribution in [-0.4, -0.2) is 17.0 Å². The Hall–Kier alpha value is -1.07. The topological polar surface area (TPSA) is 66.4 Å². The first-order valence-corrected chi connectivity index (χ1v) is 7.15. The van der Waals surface area contributed by atoms with Crippen LogP contribution >= 0.6 is 27.5 Å². The van der Waals surface area contributed by atoms with E-state index in [0.717, 1.165) is 10.9 Å². The molecule has 4 nitrogen and oxygen atoms in total. The van der Waals surface area contributed by atoms with Crippen LogP contribution in [0, 0.1) is 11.8 Å². The molecule has 0 unspecified atom stereocenters. The molecular formula is C13H13BrClNO3. The fraction of sp³-hybridized carbons (Fsp3) is 0.385. The Morgan fingerprint density at radius 1 is 1.32 bits per heavy atom. The van der Waals surface area contributed by atoms with Gasteiger partial charge in [0.15, 0.2) is 0 Å². The second-order valence-corrected chi connectivity index (χ2v) is 5.92. The van der Waals surface area contributed by atoms with Gasteiger partial charge in [-0.3, -0.25) is 9.59 Å². The summed E-state index contributed by atoms with van der Waals surface area (Å²) in [5.41, 5.74) is 0.497. The zero-order valence-corrected chi connectivity index (χ0v) is 12.4. The molecule has 0 bridgehead atoms. The average molecular weight is 347 g/mol. The Balaban J connectivity index is 2.12. The van der Waals surface area contributed by atoms with Gasteiger partial charge in [-0.1, -0.05) is 34.0 Å². The predicted molar refractivity (Wildman–Crippen MR) is 76.2 cm³/mol. The molecule has 1 amide bonds. The molecule has 0 spiro atoms. The fourth-order valence-corrected chi connectivity index (χ4v) is 2.91. The van der Waals surface area contributed by atoms with Crippen molar-refractivity contribution in [3.05, 3.63) is 27.7 Å². The number of nitrogens with one attached hydrogen (secondary N) is 1. The van der Waals surface area contributed by atoms with Gasteiger partial charge in [0.25, 0.3) is 0 Å². The smallest absolute Gasteiger partial charge is 0.307 e. The van der Waals surface area contributed by atoms with Crippen LogP contribution < -0.4 is 5.32 Å². The number of amides is 1. The lowest BCUT2D eigenvalue weighted by Crippen LogP contribution is -2.30. The van der Waals surface area contributed by atoms with Gasteiger partial charge in [-0.2, -0.15) is 0 Å². The summed E-state index contributed by atoms with van der Waals surface area (Å²) in [7, 11) is 0. The third kappa shape index (κ3) is 3.28. The molecule has 102 valence electrons. The van der Waals surface area contributed by atoms with Crippen LogP contribution in [0.4, 0.5) is 5.69 Å². The van der Waals surface area contributed by atoms with Crippen LogP contribution in [0.15, 0.2) is 22.7 Å². The summed E-state index contributed by atoms with van der Waals surface area (Å²) < 4.78 is 0.799. The van der Waals surface area contributed by atoms with Gasteiger partial charge in [-0.05, 0) is 31.0 Å². The van der Waals surface area contributed by atoms with E-state index in [1.807, 2.05) is 0 Å². The van der Waals surface area contributed by atoms with E-state index in [1.165, 1.54) is 0 Å². The summed E-state index contributed by atoms with van der Waals surface area (Å²) in [5, 5.41) is 12.2. The molecule has 1 saturated carbocycles. The molecule has 0 aliphatic heterocycles. The zero-order chi connectivity index (χ0) is 14.0. The van der Waals surface area contributed by atoms with Crippen molar-refractivity contribution in [2.45, 2.75) is 19.3 Å². The van der Waals surface area contributed by atoms with Crippen LogP contribution in [0.1, 0.15) is 19.3 Å². The van der Waals surface area contributed by atoms with E-state index in [1.54, 1.807) is 18.2 Å². The average Bonchev–Trinajstić information content (AvgIpc) is 2.83. The Kier molecular flexibility index (Phi) is 4.47. The molecule has 2 rings (SSSR count). The highest BCUT2D eigenvalue weighted by molar-refractivity contribution is 9.10. The van der Waals surface area contributed by atoms with Gasteiger partial charge in [-0.25, -0.2) is 0 Å². The summed E-state index contributed by atoms with van der Waals surface area (Å²) >= 11 is 9.29. The third-order valence-corrected chi connectivity index (χ3v) is 4.18. The molecule has 0 aromatic heterocycles. The highest BCUT2D eigenvalue weighted by atomic mass is 79.9. The standard InChI is InChI=1S/C13H13BrClNO3/c14-7-4-5-10(15)11(6-7)16-12(17)8-2-1-3-9(8)13(18)19/h4-6,8-9H,1-3H2,(H,16,17)(H,18,19)/t8-,9+/m1/s1. The van der Waals surface area contributed by atoms with Gasteiger partial charge >= 0.3 is 5.97 Å². The summed E-state index contributed by atoms with van der Waals surface area (Å²) in [5.74, 6) is -2.25. The third-order valence-electron chi connectivity index (χ3n) is 3.36. The molecular weight excluding hydrogens is 334 g/mol. The van der Waals surface area contributed by atoms with Crippen LogP contribution in [0.3, 0.4) is 0 Å². The van der Waals surface area contributed by atoms with Gasteiger partial charge < -0.3 is 10.4 Å². The number of carboxylic acid groups (broad SMARTS) is 1. The second kappa shape index (κ2) is 5.92. The van der Waals surface area contributed by atoms with E-state index in [-0.39, 0.29) is 5.91 Å². The minimum absolute atomic E-state index is 0.273. The van der Waals surface area contributed by atoms with E-state index in [4.69, 9.17) is 16.7 Å². The predicted octanol–water partition coefficient (Wildman–Crippen LogP) is 3.54. The molecule has 0 radical (unpaired) electrons. The minimum Gasteiger partial charge on any atom is -0.481 e. The van der Waals surface area contributed by atoms with Crippen molar-refractivity contribution < 1.29 is 14.7 Å². The maximum atomic E-state index is 12.1. The van der Waals surface area contributed by atoms with E-state index in [2.05, 4.69) is 21.2 Å². The summed E-state index contributed by atoms with van der Waals surface area (Å²) in [6.45, 7) is 0. The largest absolute Gasteiger partial charge is 0.481 e. The molecule has 1 aliphatic carbocycles. The lowest BCUT2D eigenvalue weighted by Gasteiger charge is -2.16. The van der Waals surface area contributed by atoms with Gasteiger partial charge in [-0.15, -0.1) is 0 Å². The van der Waals surface area contributed by atoms with Crippen LogP contribution in [0.25, 0.3) is 0 Å². The summed E-state index contributed by atoms with van der Waals surface area (Å²) in [6, 6.07) is 5.14. The molecule has 19 heavy (non-hydrogen) atoms. The molecule has 2 atom stereocenters. The number of carbonyl (C=O) groups is 2. The summed E-state index contributed by atoms with van der Waals surface area (Å²) in [6.07, 6.45) is 1.93. The highest BCUT2D eigenvalue weighted by Crippen LogP contribution is 2.34. The molecule has 0 saturated heterocycles. The van der Waals surface area contributed by atoms with Crippen molar-refractivity contribution in [1.82, 2.24) is 0 Å². The number of rotatable bonds is 3. The molecule has 0 heterocycles. The van der Waals surface area contributed by atoms with Crippen molar-refractivity contribution in [2.24, 2.45) is 11.8 Å². The molecule has 1 fully saturated rings. The minimum atomic E-state index is -0.905. The van der Waals surface area contributed by atoms with Crippen LogP contribution in [0.5, 0.6) is 0 Å². The zero-order valence-electron chi connectivity index (χ0n) is 10.0. The van der Waals surface area contributed by atoms with Gasteiger partial charge in [0.2, 0.25) is 5.91 Å². The first-order chi connectivity index (χ1) is 8.99. The highest BCUT2D eigenvalue weighted by Gasteiger charge is 2.37. The number of aliphatic carboxylic acids is 1. The van der Waals surface area contributed by atoms with Crippen molar-refractivity contribution in [2.75, 3.05) is 5.32 Å².